The highest BCUT2D eigenvalue weighted by molar-refractivity contribution is 5.76. The van der Waals surface area contributed by atoms with Gasteiger partial charge in [-0.1, -0.05) is 29.8 Å². The van der Waals surface area contributed by atoms with Crippen LogP contribution in [0.4, 0.5) is 0 Å². The van der Waals surface area contributed by atoms with Gasteiger partial charge in [-0.25, -0.2) is 0 Å². The third-order valence-electron chi connectivity index (χ3n) is 3.95. The highest BCUT2D eigenvalue weighted by atomic mass is 16.1. The van der Waals surface area contributed by atoms with Crippen molar-refractivity contribution in [2.75, 3.05) is 6.54 Å². The second-order valence-electron chi connectivity index (χ2n) is 7.28. The largest absolute Gasteiger partial charge is 0.351 e. The summed E-state index contributed by atoms with van der Waals surface area (Å²) >= 11 is 0. The second-order valence-corrected chi connectivity index (χ2v) is 7.28. The van der Waals surface area contributed by atoms with E-state index in [4.69, 9.17) is 0 Å². The molecule has 1 aromatic carbocycles. The van der Waals surface area contributed by atoms with Crippen molar-refractivity contribution in [2.45, 2.75) is 64.5 Å². The minimum absolute atomic E-state index is 0.129. The van der Waals surface area contributed by atoms with Gasteiger partial charge in [-0.15, -0.1) is 0 Å². The van der Waals surface area contributed by atoms with Crippen LogP contribution in [0.1, 0.15) is 57.1 Å². The molecule has 0 spiro atoms. The van der Waals surface area contributed by atoms with Crippen molar-refractivity contribution in [1.82, 2.24) is 10.6 Å². The number of hydrogen-bond acceptors (Lipinski definition) is 2. The van der Waals surface area contributed by atoms with E-state index in [1.54, 1.807) is 0 Å². The fourth-order valence-corrected chi connectivity index (χ4v) is 2.85. The summed E-state index contributed by atoms with van der Waals surface area (Å²) < 4.78 is 0. The van der Waals surface area contributed by atoms with Crippen molar-refractivity contribution in [3.63, 3.8) is 0 Å². The van der Waals surface area contributed by atoms with Crippen LogP contribution in [0.25, 0.3) is 0 Å². The van der Waals surface area contributed by atoms with Crippen LogP contribution in [-0.2, 0) is 4.79 Å². The number of benzene rings is 1. The number of rotatable bonds is 5. The number of aryl methyl sites for hydroxylation is 1. The highest BCUT2D eigenvalue weighted by Gasteiger charge is 2.29. The Balaban J connectivity index is 1.64. The van der Waals surface area contributed by atoms with Crippen LogP contribution >= 0.6 is 0 Å². The molecule has 0 aromatic heterocycles. The highest BCUT2D eigenvalue weighted by Crippen LogP contribution is 2.36. The van der Waals surface area contributed by atoms with Crippen molar-refractivity contribution >= 4 is 5.91 Å². The van der Waals surface area contributed by atoms with E-state index in [1.807, 2.05) is 20.8 Å². The van der Waals surface area contributed by atoms with Crippen LogP contribution in [0.3, 0.4) is 0 Å². The molecule has 0 bridgehead atoms. The smallest absolute Gasteiger partial charge is 0.221 e. The molecule has 2 N–H and O–H groups in total. The summed E-state index contributed by atoms with van der Waals surface area (Å²) in [6.07, 6.45) is 2.93. The van der Waals surface area contributed by atoms with E-state index in [-0.39, 0.29) is 11.4 Å². The van der Waals surface area contributed by atoms with E-state index < -0.39 is 0 Å². The Kier molecular flexibility index (Phi) is 5.04. The van der Waals surface area contributed by atoms with Gasteiger partial charge in [0.1, 0.15) is 0 Å². The van der Waals surface area contributed by atoms with Gasteiger partial charge in [-0.05, 0) is 52.0 Å². The van der Waals surface area contributed by atoms with Crippen molar-refractivity contribution in [3.05, 3.63) is 35.4 Å². The van der Waals surface area contributed by atoms with Gasteiger partial charge in [-0.2, -0.15) is 0 Å². The molecule has 0 atom stereocenters. The van der Waals surface area contributed by atoms with E-state index in [0.29, 0.717) is 18.4 Å². The molecule has 1 saturated carbocycles. The zero-order chi connectivity index (χ0) is 15.5. The van der Waals surface area contributed by atoms with Gasteiger partial charge >= 0.3 is 0 Å². The maximum Gasteiger partial charge on any atom is 0.221 e. The topological polar surface area (TPSA) is 41.1 Å². The normalized spacial score (nSPS) is 21.7. The van der Waals surface area contributed by atoms with E-state index in [0.717, 1.165) is 6.54 Å². The van der Waals surface area contributed by atoms with E-state index >= 15 is 0 Å². The summed E-state index contributed by atoms with van der Waals surface area (Å²) in [5, 5.41) is 6.48. The van der Waals surface area contributed by atoms with Crippen molar-refractivity contribution in [2.24, 2.45) is 0 Å². The Morgan fingerprint density at radius 2 is 2.00 bits per heavy atom. The lowest BCUT2D eigenvalue weighted by atomic mass is 9.75. The Hall–Kier alpha value is -1.35. The molecule has 3 nitrogen and oxygen atoms in total. The van der Waals surface area contributed by atoms with Gasteiger partial charge < -0.3 is 10.6 Å². The predicted octanol–water partition coefficient (Wildman–Crippen LogP) is 3.14. The second kappa shape index (κ2) is 6.61. The lowest BCUT2D eigenvalue weighted by Crippen LogP contribution is -2.44. The molecule has 1 aliphatic carbocycles. The Morgan fingerprint density at radius 3 is 2.62 bits per heavy atom. The molecule has 0 saturated heterocycles. The average Bonchev–Trinajstić information content (AvgIpc) is 2.29. The molecule has 1 amide bonds. The Labute approximate surface area is 128 Å². The molecule has 116 valence electrons. The van der Waals surface area contributed by atoms with E-state index in [2.05, 4.69) is 41.8 Å². The van der Waals surface area contributed by atoms with Crippen molar-refractivity contribution in [1.29, 1.82) is 0 Å². The third kappa shape index (κ3) is 5.16. The zero-order valence-corrected chi connectivity index (χ0v) is 13.7. The number of carbonyl (C=O) groups excluding carboxylic acids is 1. The van der Waals surface area contributed by atoms with Gasteiger partial charge in [0.15, 0.2) is 0 Å². The van der Waals surface area contributed by atoms with Gasteiger partial charge in [0.25, 0.3) is 0 Å². The molecular formula is C18H28N2O. The maximum absolute atomic E-state index is 11.7. The number of amides is 1. The standard InChI is InChI=1S/C18H28N2O/c1-13-6-5-7-14(10-13)15-11-16(12-15)19-9-8-17(21)20-18(2,3)4/h5-7,10,15-16,19H,8-9,11-12H2,1-4H3,(H,20,21). The first kappa shape index (κ1) is 16.0. The van der Waals surface area contributed by atoms with Crippen molar-refractivity contribution in [3.8, 4) is 0 Å². The maximum atomic E-state index is 11.7. The van der Waals surface area contributed by atoms with E-state index in [9.17, 15) is 4.79 Å². The summed E-state index contributed by atoms with van der Waals surface area (Å²) in [6, 6.07) is 9.37. The van der Waals surface area contributed by atoms with Gasteiger partial charge in [-0.3, -0.25) is 4.79 Å². The predicted molar refractivity (Wildman–Crippen MR) is 87.5 cm³/mol. The molecule has 2 rings (SSSR count). The molecule has 21 heavy (non-hydrogen) atoms. The summed E-state index contributed by atoms with van der Waals surface area (Å²) in [5.74, 6) is 0.815. The lowest BCUT2D eigenvalue weighted by molar-refractivity contribution is -0.122. The average molecular weight is 288 g/mol. The SMILES string of the molecule is Cc1cccc(C2CC(NCCC(=O)NC(C)(C)C)C2)c1. The van der Waals surface area contributed by atoms with Crippen LogP contribution in [0.5, 0.6) is 0 Å². The number of nitrogens with one attached hydrogen (secondary N) is 2. The number of carbonyl (C=O) groups is 1. The summed E-state index contributed by atoms with van der Waals surface area (Å²) in [5.41, 5.74) is 2.66. The summed E-state index contributed by atoms with van der Waals surface area (Å²) in [7, 11) is 0. The molecule has 1 aromatic rings. The Bertz CT molecular complexity index is 484. The van der Waals surface area contributed by atoms with Crippen LogP contribution in [0, 0.1) is 6.92 Å². The molecule has 3 heteroatoms. The molecule has 0 radical (unpaired) electrons. The number of hydrogen-bond donors (Lipinski definition) is 2. The van der Waals surface area contributed by atoms with E-state index in [1.165, 1.54) is 24.0 Å². The third-order valence-corrected chi connectivity index (χ3v) is 3.95. The van der Waals surface area contributed by atoms with Crippen molar-refractivity contribution < 1.29 is 4.79 Å². The van der Waals surface area contributed by atoms with Gasteiger partial charge in [0.2, 0.25) is 5.91 Å². The van der Waals surface area contributed by atoms with Crippen LogP contribution in [0.15, 0.2) is 24.3 Å². The molecule has 0 aliphatic heterocycles. The summed E-state index contributed by atoms with van der Waals surface area (Å²) in [6.45, 7) is 8.95. The fourth-order valence-electron chi connectivity index (χ4n) is 2.85. The molecule has 1 fully saturated rings. The molecule has 1 aliphatic rings. The Morgan fingerprint density at radius 1 is 1.29 bits per heavy atom. The quantitative estimate of drug-likeness (QED) is 0.874. The summed E-state index contributed by atoms with van der Waals surface area (Å²) in [4.78, 5) is 11.7. The van der Waals surface area contributed by atoms with Gasteiger partial charge in [0.05, 0.1) is 0 Å². The molecule has 0 unspecified atom stereocenters. The molecular weight excluding hydrogens is 260 g/mol. The van der Waals surface area contributed by atoms with Crippen LogP contribution in [-0.4, -0.2) is 24.0 Å². The first-order valence-electron chi connectivity index (χ1n) is 7.94. The monoisotopic (exact) mass is 288 g/mol. The van der Waals surface area contributed by atoms with Crippen LogP contribution in [0.2, 0.25) is 0 Å². The van der Waals surface area contributed by atoms with Crippen LogP contribution < -0.4 is 10.6 Å². The molecule has 0 heterocycles. The first-order chi connectivity index (χ1) is 9.83. The zero-order valence-electron chi connectivity index (χ0n) is 13.7. The first-order valence-corrected chi connectivity index (χ1v) is 7.94. The minimum Gasteiger partial charge on any atom is -0.351 e. The van der Waals surface area contributed by atoms with Gasteiger partial charge in [0, 0.05) is 24.5 Å². The minimum atomic E-state index is -0.135. The fraction of sp³-hybridized carbons (Fsp3) is 0.611. The lowest BCUT2D eigenvalue weighted by Gasteiger charge is -2.36.